The number of alkyl halides is 1. The summed E-state index contributed by atoms with van der Waals surface area (Å²) in [6.45, 7) is 0.193. The van der Waals surface area contributed by atoms with Gasteiger partial charge in [0.25, 0.3) is 0 Å². The summed E-state index contributed by atoms with van der Waals surface area (Å²) >= 11 is 5.39. The molecule has 0 bridgehead atoms. The van der Waals surface area contributed by atoms with E-state index in [1.54, 1.807) is 24.3 Å². The second kappa shape index (κ2) is 5.85. The maximum absolute atomic E-state index is 11.5. The molecule has 0 aromatic heterocycles. The molecule has 0 amide bonds. The van der Waals surface area contributed by atoms with Crippen molar-refractivity contribution in [3.63, 3.8) is 0 Å². The van der Waals surface area contributed by atoms with Crippen molar-refractivity contribution < 1.29 is 8.42 Å². The summed E-state index contributed by atoms with van der Waals surface area (Å²) in [4.78, 5) is 0. The molecule has 0 atom stereocenters. The number of nitriles is 1. The Balaban J connectivity index is 2.85. The Morgan fingerprint density at radius 2 is 2.06 bits per heavy atom. The Hall–Kier alpha value is -1.09. The lowest BCUT2D eigenvalue weighted by atomic mass is 10.1. The normalized spacial score (nSPS) is 11.0. The quantitative estimate of drug-likeness (QED) is 0.808. The third kappa shape index (κ3) is 3.81. The molecule has 0 heterocycles. The zero-order chi connectivity index (χ0) is 12.0. The summed E-state index contributed by atoms with van der Waals surface area (Å²) in [5.74, 6) is 0.0206. The fourth-order valence-corrected chi connectivity index (χ4v) is 2.59. The van der Waals surface area contributed by atoms with Gasteiger partial charge in [-0.3, -0.25) is 0 Å². The number of sulfonamides is 1. The summed E-state index contributed by atoms with van der Waals surface area (Å²) in [6.07, 6.45) is 0. The zero-order valence-corrected chi connectivity index (χ0v) is 10.1. The van der Waals surface area contributed by atoms with E-state index >= 15 is 0 Å². The van der Waals surface area contributed by atoms with Crippen LogP contribution in [0.5, 0.6) is 0 Å². The van der Waals surface area contributed by atoms with Crippen molar-refractivity contribution in [1.82, 2.24) is 4.72 Å². The van der Waals surface area contributed by atoms with Crippen LogP contribution >= 0.6 is 11.6 Å². The van der Waals surface area contributed by atoms with Crippen molar-refractivity contribution in [3.05, 3.63) is 35.4 Å². The van der Waals surface area contributed by atoms with Gasteiger partial charge in [-0.1, -0.05) is 18.2 Å². The molecule has 0 fully saturated rings. The number of benzene rings is 1. The van der Waals surface area contributed by atoms with E-state index in [-0.39, 0.29) is 18.2 Å². The van der Waals surface area contributed by atoms with Gasteiger partial charge in [-0.2, -0.15) is 5.26 Å². The molecule has 1 aromatic rings. The molecule has 0 aliphatic carbocycles. The molecule has 1 rings (SSSR count). The van der Waals surface area contributed by atoms with Gasteiger partial charge in [0.15, 0.2) is 0 Å². The fraction of sp³-hybridized carbons (Fsp3) is 0.300. The Kier molecular flexibility index (Phi) is 4.74. The van der Waals surface area contributed by atoms with Crippen LogP contribution in [0, 0.1) is 11.3 Å². The molecule has 0 aliphatic rings. The monoisotopic (exact) mass is 258 g/mol. The summed E-state index contributed by atoms with van der Waals surface area (Å²) in [5.41, 5.74) is 0.867. The van der Waals surface area contributed by atoms with Crippen LogP contribution in [-0.4, -0.2) is 20.8 Å². The van der Waals surface area contributed by atoms with Crippen LogP contribution < -0.4 is 4.72 Å². The summed E-state index contributed by atoms with van der Waals surface area (Å²) in [6, 6.07) is 8.57. The minimum atomic E-state index is -3.41. The molecule has 16 heavy (non-hydrogen) atoms. The molecular weight excluding hydrogens is 248 g/mol. The standard InChI is InChI=1S/C10H11ClN2O2S/c11-5-6-13-16(14,15)8-10-4-2-1-3-9(10)7-12/h1-4,13H,5-6,8H2. The number of nitrogens with zero attached hydrogens (tertiary/aromatic N) is 1. The van der Waals surface area contributed by atoms with E-state index in [1.165, 1.54) is 0 Å². The first-order chi connectivity index (χ1) is 7.59. The molecule has 0 radical (unpaired) electrons. The van der Waals surface area contributed by atoms with Gasteiger partial charge in [0.2, 0.25) is 10.0 Å². The van der Waals surface area contributed by atoms with Crippen molar-refractivity contribution in [2.24, 2.45) is 0 Å². The number of hydrogen-bond acceptors (Lipinski definition) is 3. The third-order valence-corrected chi connectivity index (χ3v) is 3.42. The molecule has 0 aliphatic heterocycles. The lowest BCUT2D eigenvalue weighted by molar-refractivity contribution is 0.583. The Bertz CT molecular complexity index is 494. The lowest BCUT2D eigenvalue weighted by Crippen LogP contribution is -2.27. The van der Waals surface area contributed by atoms with Crippen molar-refractivity contribution in [1.29, 1.82) is 5.26 Å². The maximum atomic E-state index is 11.5. The van der Waals surface area contributed by atoms with Gasteiger partial charge in [-0.05, 0) is 11.6 Å². The van der Waals surface area contributed by atoms with Crippen LogP contribution in [0.2, 0.25) is 0 Å². The molecule has 0 unspecified atom stereocenters. The Labute approximate surface area is 99.9 Å². The van der Waals surface area contributed by atoms with E-state index in [2.05, 4.69) is 4.72 Å². The van der Waals surface area contributed by atoms with Gasteiger partial charge in [0.05, 0.1) is 17.4 Å². The van der Waals surface area contributed by atoms with Gasteiger partial charge < -0.3 is 0 Å². The molecule has 1 N–H and O–H groups in total. The van der Waals surface area contributed by atoms with Crippen LogP contribution in [0.4, 0.5) is 0 Å². The van der Waals surface area contributed by atoms with E-state index in [4.69, 9.17) is 16.9 Å². The highest BCUT2D eigenvalue weighted by Gasteiger charge is 2.12. The predicted molar refractivity (Wildman–Crippen MR) is 62.5 cm³/mol. The zero-order valence-electron chi connectivity index (χ0n) is 8.48. The van der Waals surface area contributed by atoms with E-state index in [9.17, 15) is 8.42 Å². The molecular formula is C10H11ClN2O2S. The molecule has 4 nitrogen and oxygen atoms in total. The average Bonchev–Trinajstić information content (AvgIpc) is 2.27. The second-order valence-corrected chi connectivity index (χ2v) is 5.30. The SMILES string of the molecule is N#Cc1ccccc1CS(=O)(=O)NCCCl. The molecule has 86 valence electrons. The van der Waals surface area contributed by atoms with Gasteiger partial charge >= 0.3 is 0 Å². The smallest absolute Gasteiger partial charge is 0.214 e. The van der Waals surface area contributed by atoms with Crippen molar-refractivity contribution in [2.75, 3.05) is 12.4 Å². The number of rotatable bonds is 5. The highest BCUT2D eigenvalue weighted by Crippen LogP contribution is 2.10. The first-order valence-corrected chi connectivity index (χ1v) is 6.79. The molecule has 0 saturated carbocycles. The van der Waals surface area contributed by atoms with Crippen molar-refractivity contribution in [3.8, 4) is 6.07 Å². The second-order valence-electron chi connectivity index (χ2n) is 3.11. The van der Waals surface area contributed by atoms with Gasteiger partial charge in [0.1, 0.15) is 0 Å². The first kappa shape index (κ1) is 13.0. The van der Waals surface area contributed by atoms with Crippen LogP contribution in [0.15, 0.2) is 24.3 Å². The topological polar surface area (TPSA) is 70.0 Å². The van der Waals surface area contributed by atoms with Crippen LogP contribution in [0.3, 0.4) is 0 Å². The molecule has 0 saturated heterocycles. The highest BCUT2D eigenvalue weighted by atomic mass is 35.5. The van der Waals surface area contributed by atoms with Gasteiger partial charge in [-0.25, -0.2) is 13.1 Å². The van der Waals surface area contributed by atoms with Gasteiger partial charge in [-0.15, -0.1) is 11.6 Å². The van der Waals surface area contributed by atoms with Crippen molar-refractivity contribution >= 4 is 21.6 Å². The number of nitrogens with one attached hydrogen (secondary N) is 1. The Morgan fingerprint density at radius 3 is 2.69 bits per heavy atom. The average molecular weight is 259 g/mol. The van der Waals surface area contributed by atoms with Crippen LogP contribution in [-0.2, 0) is 15.8 Å². The minimum absolute atomic E-state index is 0.193. The first-order valence-electron chi connectivity index (χ1n) is 4.60. The Morgan fingerprint density at radius 1 is 1.38 bits per heavy atom. The fourth-order valence-electron chi connectivity index (χ4n) is 1.21. The molecule has 1 aromatic carbocycles. The van der Waals surface area contributed by atoms with E-state index in [1.807, 2.05) is 6.07 Å². The highest BCUT2D eigenvalue weighted by molar-refractivity contribution is 7.88. The minimum Gasteiger partial charge on any atom is -0.214 e. The summed E-state index contributed by atoms with van der Waals surface area (Å²) in [5, 5.41) is 8.80. The largest absolute Gasteiger partial charge is 0.215 e. The van der Waals surface area contributed by atoms with Crippen LogP contribution in [0.25, 0.3) is 0 Å². The van der Waals surface area contributed by atoms with E-state index in [0.717, 1.165) is 0 Å². The molecule has 6 heteroatoms. The van der Waals surface area contributed by atoms with E-state index < -0.39 is 10.0 Å². The van der Waals surface area contributed by atoms with Crippen LogP contribution in [0.1, 0.15) is 11.1 Å². The van der Waals surface area contributed by atoms with E-state index in [0.29, 0.717) is 11.1 Å². The maximum Gasteiger partial charge on any atom is 0.215 e. The lowest BCUT2D eigenvalue weighted by Gasteiger charge is -2.06. The third-order valence-electron chi connectivity index (χ3n) is 1.90. The molecule has 0 spiro atoms. The predicted octanol–water partition coefficient (Wildman–Crippen LogP) is 1.22. The number of halogens is 1. The number of hydrogen-bond donors (Lipinski definition) is 1. The van der Waals surface area contributed by atoms with Crippen molar-refractivity contribution in [2.45, 2.75) is 5.75 Å². The summed E-state index contributed by atoms with van der Waals surface area (Å²) < 4.78 is 25.4. The summed E-state index contributed by atoms with van der Waals surface area (Å²) in [7, 11) is -3.41. The van der Waals surface area contributed by atoms with Gasteiger partial charge in [0, 0.05) is 12.4 Å².